The van der Waals surface area contributed by atoms with Gasteiger partial charge in [0.15, 0.2) is 5.78 Å². The summed E-state index contributed by atoms with van der Waals surface area (Å²) < 4.78 is 5.34. The van der Waals surface area contributed by atoms with Crippen molar-refractivity contribution in [2.24, 2.45) is 0 Å². The molecule has 1 aliphatic carbocycles. The molecular weight excluding hydrogens is 200 g/mol. The summed E-state index contributed by atoms with van der Waals surface area (Å²) >= 11 is 0. The van der Waals surface area contributed by atoms with Crippen molar-refractivity contribution in [3.05, 3.63) is 41.5 Å². The van der Waals surface area contributed by atoms with E-state index in [1.54, 1.807) is 7.11 Å². The molecule has 0 N–H and O–H groups in total. The molecule has 1 fully saturated rings. The van der Waals surface area contributed by atoms with E-state index in [4.69, 9.17) is 4.74 Å². The standard InChI is InChI=1S/C14H16O2/c1-9-4-5-14(16-3)12(6-9)11-7-10(2)13(15)8-11/h4-6,11H,2,7-8H2,1,3H3. The molecule has 1 aromatic carbocycles. The van der Waals surface area contributed by atoms with Crippen LogP contribution in [-0.2, 0) is 4.79 Å². The Kier molecular flexibility index (Phi) is 2.82. The first kappa shape index (κ1) is 10.9. The van der Waals surface area contributed by atoms with E-state index in [-0.39, 0.29) is 11.7 Å². The molecule has 0 aromatic heterocycles. The number of ketones is 1. The maximum absolute atomic E-state index is 11.5. The number of allylic oxidation sites excluding steroid dienone is 1. The van der Waals surface area contributed by atoms with E-state index in [1.165, 1.54) is 5.56 Å². The molecule has 0 amide bonds. The predicted molar refractivity (Wildman–Crippen MR) is 63.9 cm³/mol. The van der Waals surface area contributed by atoms with Crippen molar-refractivity contribution in [3.63, 3.8) is 0 Å². The fourth-order valence-electron chi connectivity index (χ4n) is 2.24. The van der Waals surface area contributed by atoms with Crippen LogP contribution in [0.5, 0.6) is 5.75 Å². The number of carbonyl (C=O) groups excluding carboxylic acids is 1. The molecule has 84 valence electrons. The summed E-state index contributed by atoms with van der Waals surface area (Å²) in [5, 5.41) is 0. The van der Waals surface area contributed by atoms with Crippen LogP contribution in [0, 0.1) is 6.92 Å². The van der Waals surface area contributed by atoms with E-state index >= 15 is 0 Å². The minimum absolute atomic E-state index is 0.188. The van der Waals surface area contributed by atoms with Crippen molar-refractivity contribution in [2.75, 3.05) is 7.11 Å². The van der Waals surface area contributed by atoms with E-state index in [0.29, 0.717) is 6.42 Å². The molecule has 0 bridgehead atoms. The van der Waals surface area contributed by atoms with E-state index in [1.807, 2.05) is 12.1 Å². The fourth-order valence-corrected chi connectivity index (χ4v) is 2.24. The molecule has 2 nitrogen and oxygen atoms in total. The summed E-state index contributed by atoms with van der Waals surface area (Å²) in [7, 11) is 1.67. The van der Waals surface area contributed by atoms with Gasteiger partial charge in [-0.25, -0.2) is 0 Å². The van der Waals surface area contributed by atoms with Gasteiger partial charge >= 0.3 is 0 Å². The molecule has 2 heteroatoms. The monoisotopic (exact) mass is 216 g/mol. The zero-order chi connectivity index (χ0) is 11.7. The largest absolute Gasteiger partial charge is 0.496 e. The molecule has 1 aliphatic rings. The van der Waals surface area contributed by atoms with E-state index < -0.39 is 0 Å². The van der Waals surface area contributed by atoms with Crippen LogP contribution in [0.2, 0.25) is 0 Å². The van der Waals surface area contributed by atoms with Gasteiger partial charge in [0.1, 0.15) is 5.75 Å². The average Bonchev–Trinajstić information content (AvgIpc) is 2.59. The number of hydrogen-bond acceptors (Lipinski definition) is 2. The number of ether oxygens (including phenoxy) is 1. The summed E-state index contributed by atoms with van der Waals surface area (Å²) in [6.45, 7) is 5.85. The van der Waals surface area contributed by atoms with Crippen molar-refractivity contribution in [1.82, 2.24) is 0 Å². The summed E-state index contributed by atoms with van der Waals surface area (Å²) in [6.07, 6.45) is 1.33. The van der Waals surface area contributed by atoms with Gasteiger partial charge in [0.2, 0.25) is 0 Å². The highest BCUT2D eigenvalue weighted by Gasteiger charge is 2.28. The molecule has 0 heterocycles. The SMILES string of the molecule is C=C1CC(c2cc(C)ccc2OC)CC1=O. The van der Waals surface area contributed by atoms with Crippen LogP contribution in [0.4, 0.5) is 0 Å². The fraction of sp³-hybridized carbons (Fsp3) is 0.357. The zero-order valence-corrected chi connectivity index (χ0v) is 9.75. The number of methoxy groups -OCH3 is 1. The lowest BCUT2D eigenvalue weighted by atomic mass is 9.95. The van der Waals surface area contributed by atoms with Crippen molar-refractivity contribution in [3.8, 4) is 5.75 Å². The predicted octanol–water partition coefficient (Wildman–Crippen LogP) is 3.01. The number of hydrogen-bond donors (Lipinski definition) is 0. The lowest BCUT2D eigenvalue weighted by Crippen LogP contribution is -1.98. The molecular formula is C14H16O2. The second-order valence-corrected chi connectivity index (χ2v) is 4.38. The Hall–Kier alpha value is -1.57. The molecule has 1 atom stereocenters. The maximum atomic E-state index is 11.5. The molecule has 2 rings (SSSR count). The third kappa shape index (κ3) is 1.87. The number of aryl methyl sites for hydroxylation is 1. The van der Waals surface area contributed by atoms with Gasteiger partial charge in [0.05, 0.1) is 7.11 Å². The van der Waals surface area contributed by atoms with Crippen LogP contribution >= 0.6 is 0 Å². The quantitative estimate of drug-likeness (QED) is 0.710. The first-order valence-corrected chi connectivity index (χ1v) is 5.47. The number of carbonyl (C=O) groups is 1. The van der Waals surface area contributed by atoms with Gasteiger partial charge in [0, 0.05) is 6.42 Å². The van der Waals surface area contributed by atoms with Crippen LogP contribution in [0.3, 0.4) is 0 Å². The Morgan fingerprint density at radius 1 is 1.38 bits per heavy atom. The van der Waals surface area contributed by atoms with Gasteiger partial charge in [-0.1, -0.05) is 24.3 Å². The summed E-state index contributed by atoms with van der Waals surface area (Å²) in [6, 6.07) is 6.10. The Morgan fingerprint density at radius 2 is 2.12 bits per heavy atom. The Morgan fingerprint density at radius 3 is 2.69 bits per heavy atom. The summed E-state index contributed by atoms with van der Waals surface area (Å²) in [5.41, 5.74) is 3.07. The minimum atomic E-state index is 0.188. The van der Waals surface area contributed by atoms with E-state index in [2.05, 4.69) is 19.6 Å². The number of benzene rings is 1. The molecule has 1 aromatic rings. The van der Waals surface area contributed by atoms with Gasteiger partial charge in [-0.05, 0) is 36.5 Å². The number of Topliss-reactive ketones (excluding diaryl/α,β-unsaturated/α-hetero) is 1. The molecule has 1 saturated carbocycles. The molecule has 0 aliphatic heterocycles. The molecule has 0 radical (unpaired) electrons. The van der Waals surface area contributed by atoms with Gasteiger partial charge in [-0.3, -0.25) is 4.79 Å². The normalized spacial score (nSPS) is 20.2. The smallest absolute Gasteiger partial charge is 0.158 e. The van der Waals surface area contributed by atoms with Crippen molar-refractivity contribution < 1.29 is 9.53 Å². The van der Waals surface area contributed by atoms with Gasteiger partial charge < -0.3 is 4.74 Å². The number of rotatable bonds is 2. The van der Waals surface area contributed by atoms with Gasteiger partial charge in [0.25, 0.3) is 0 Å². The summed E-state index contributed by atoms with van der Waals surface area (Å²) in [5.74, 6) is 1.31. The summed E-state index contributed by atoms with van der Waals surface area (Å²) in [4.78, 5) is 11.5. The van der Waals surface area contributed by atoms with Gasteiger partial charge in [-0.2, -0.15) is 0 Å². The van der Waals surface area contributed by atoms with E-state index in [9.17, 15) is 4.79 Å². The van der Waals surface area contributed by atoms with E-state index in [0.717, 1.165) is 23.3 Å². The molecule has 0 saturated heterocycles. The van der Waals surface area contributed by atoms with Crippen LogP contribution < -0.4 is 4.74 Å². The highest BCUT2D eigenvalue weighted by atomic mass is 16.5. The average molecular weight is 216 g/mol. The second-order valence-electron chi connectivity index (χ2n) is 4.38. The highest BCUT2D eigenvalue weighted by molar-refractivity contribution is 5.98. The topological polar surface area (TPSA) is 26.3 Å². The highest BCUT2D eigenvalue weighted by Crippen LogP contribution is 2.39. The molecule has 1 unspecified atom stereocenters. The Labute approximate surface area is 95.9 Å². The van der Waals surface area contributed by atoms with Crippen molar-refractivity contribution in [1.29, 1.82) is 0 Å². The first-order chi connectivity index (χ1) is 7.61. The minimum Gasteiger partial charge on any atom is -0.496 e. The first-order valence-electron chi connectivity index (χ1n) is 5.47. The Bertz CT molecular complexity index is 430. The zero-order valence-electron chi connectivity index (χ0n) is 9.75. The molecule has 0 spiro atoms. The van der Waals surface area contributed by atoms with Crippen LogP contribution in [0.15, 0.2) is 30.4 Å². The van der Waals surface area contributed by atoms with Crippen molar-refractivity contribution >= 4 is 5.78 Å². The third-order valence-corrected chi connectivity index (χ3v) is 3.14. The third-order valence-electron chi connectivity index (χ3n) is 3.14. The van der Waals surface area contributed by atoms with Gasteiger partial charge in [-0.15, -0.1) is 0 Å². The Balaban J connectivity index is 2.36. The molecule has 16 heavy (non-hydrogen) atoms. The van der Waals surface area contributed by atoms with Crippen LogP contribution in [0.1, 0.15) is 29.9 Å². The lowest BCUT2D eigenvalue weighted by molar-refractivity contribution is -0.114. The lowest BCUT2D eigenvalue weighted by Gasteiger charge is -2.14. The second kappa shape index (κ2) is 4.12. The van der Waals surface area contributed by atoms with Crippen LogP contribution in [-0.4, -0.2) is 12.9 Å². The van der Waals surface area contributed by atoms with Crippen LogP contribution in [0.25, 0.3) is 0 Å². The van der Waals surface area contributed by atoms with Crippen molar-refractivity contribution in [2.45, 2.75) is 25.7 Å². The maximum Gasteiger partial charge on any atom is 0.158 e.